The van der Waals surface area contributed by atoms with Gasteiger partial charge in [0, 0.05) is 12.4 Å². The van der Waals surface area contributed by atoms with Crippen molar-refractivity contribution in [1.82, 2.24) is 4.98 Å². The van der Waals surface area contributed by atoms with Crippen LogP contribution in [0.5, 0.6) is 0 Å². The third-order valence-corrected chi connectivity index (χ3v) is 3.76. The molecule has 1 N–H and O–H groups in total. The van der Waals surface area contributed by atoms with Crippen LogP contribution in [-0.4, -0.2) is 13.4 Å². The second kappa shape index (κ2) is 5.37. The summed E-state index contributed by atoms with van der Waals surface area (Å²) in [7, 11) is -3.49. The molecule has 0 fully saturated rings. The van der Waals surface area contributed by atoms with Crippen molar-refractivity contribution in [3.8, 4) is 0 Å². The highest BCUT2D eigenvalue weighted by Crippen LogP contribution is 2.22. The van der Waals surface area contributed by atoms with Gasteiger partial charge in [-0.25, -0.2) is 8.42 Å². The lowest BCUT2D eigenvalue weighted by Crippen LogP contribution is -2.15. The molecule has 1 radical (unpaired) electrons. The van der Waals surface area contributed by atoms with Gasteiger partial charge in [-0.2, -0.15) is 0 Å². The van der Waals surface area contributed by atoms with Crippen molar-refractivity contribution in [3.05, 3.63) is 59.4 Å². The summed E-state index contributed by atoms with van der Waals surface area (Å²) in [4.78, 5) is 3.83. The first-order valence-electron chi connectivity index (χ1n) is 5.12. The molecule has 93 valence electrons. The Morgan fingerprint density at radius 2 is 2.00 bits per heavy atom. The zero-order valence-corrected chi connectivity index (χ0v) is 10.9. The topological polar surface area (TPSA) is 59.1 Å². The van der Waals surface area contributed by atoms with E-state index in [-0.39, 0.29) is 5.75 Å². The van der Waals surface area contributed by atoms with Crippen LogP contribution in [0.3, 0.4) is 0 Å². The number of rotatable bonds is 4. The highest BCUT2D eigenvalue weighted by atomic mass is 35.5. The van der Waals surface area contributed by atoms with Gasteiger partial charge in [0.15, 0.2) is 0 Å². The quantitative estimate of drug-likeness (QED) is 0.937. The molecule has 0 aliphatic heterocycles. The number of aromatic nitrogens is 1. The number of sulfonamides is 1. The van der Waals surface area contributed by atoms with E-state index in [4.69, 9.17) is 11.6 Å². The van der Waals surface area contributed by atoms with E-state index in [1.807, 2.05) is 0 Å². The van der Waals surface area contributed by atoms with E-state index >= 15 is 0 Å². The Kier molecular flexibility index (Phi) is 3.84. The first-order chi connectivity index (χ1) is 8.57. The van der Waals surface area contributed by atoms with Crippen molar-refractivity contribution in [2.24, 2.45) is 0 Å². The molecule has 0 amide bonds. The number of halogens is 1. The highest BCUT2D eigenvalue weighted by molar-refractivity contribution is 7.91. The van der Waals surface area contributed by atoms with Gasteiger partial charge in [0.25, 0.3) is 0 Å². The molecular formula is C12H10ClN2O2S. The molecule has 0 aliphatic rings. The predicted octanol–water partition coefficient (Wildman–Crippen LogP) is 2.48. The standard InChI is InChI=1S/C12H10ClN2O2S/c13-11-3-1-2-4-12(11)15-18(16,17)9-10-5-7-14-8-6-10/h1,3-8,15H,9H2. The smallest absolute Gasteiger partial charge is 0.236 e. The number of benzene rings is 1. The Morgan fingerprint density at radius 3 is 2.67 bits per heavy atom. The van der Waals surface area contributed by atoms with Gasteiger partial charge in [0.1, 0.15) is 0 Å². The van der Waals surface area contributed by atoms with Gasteiger partial charge < -0.3 is 0 Å². The Balaban J connectivity index is 2.16. The van der Waals surface area contributed by atoms with E-state index in [9.17, 15) is 8.42 Å². The summed E-state index contributed by atoms with van der Waals surface area (Å²) in [6, 6.07) is 10.8. The second-order valence-corrected chi connectivity index (χ2v) is 5.75. The molecule has 0 saturated carbocycles. The van der Waals surface area contributed by atoms with Crippen LogP contribution in [0.15, 0.2) is 42.7 Å². The van der Waals surface area contributed by atoms with Crippen molar-refractivity contribution < 1.29 is 8.42 Å². The van der Waals surface area contributed by atoms with Gasteiger partial charge in [0.05, 0.1) is 16.5 Å². The van der Waals surface area contributed by atoms with E-state index < -0.39 is 10.0 Å². The van der Waals surface area contributed by atoms with E-state index in [0.29, 0.717) is 16.3 Å². The molecule has 1 aromatic carbocycles. The highest BCUT2D eigenvalue weighted by Gasteiger charge is 2.13. The van der Waals surface area contributed by atoms with Crippen LogP contribution < -0.4 is 4.72 Å². The SMILES string of the molecule is O=S(=O)(Cc1ccncc1)Nc1c[c]ccc1Cl. The maximum Gasteiger partial charge on any atom is 0.236 e. The molecule has 0 bridgehead atoms. The van der Waals surface area contributed by atoms with Gasteiger partial charge in [-0.15, -0.1) is 0 Å². The fraction of sp³-hybridized carbons (Fsp3) is 0.0833. The fourth-order valence-corrected chi connectivity index (χ4v) is 2.82. The van der Waals surface area contributed by atoms with Crippen molar-refractivity contribution in [2.45, 2.75) is 5.75 Å². The van der Waals surface area contributed by atoms with Gasteiger partial charge in [-0.1, -0.05) is 17.7 Å². The summed E-state index contributed by atoms with van der Waals surface area (Å²) in [5.74, 6) is -0.124. The van der Waals surface area contributed by atoms with Crippen molar-refractivity contribution in [2.75, 3.05) is 4.72 Å². The fourth-order valence-electron chi connectivity index (χ4n) is 1.39. The lowest BCUT2D eigenvalue weighted by molar-refractivity contribution is 0.600. The Bertz CT molecular complexity index is 630. The van der Waals surface area contributed by atoms with Crippen LogP contribution in [0, 0.1) is 6.07 Å². The van der Waals surface area contributed by atoms with Crippen molar-refractivity contribution in [3.63, 3.8) is 0 Å². The van der Waals surface area contributed by atoms with Gasteiger partial charge >= 0.3 is 0 Å². The molecule has 1 heterocycles. The van der Waals surface area contributed by atoms with E-state index in [0.717, 1.165) is 0 Å². The largest absolute Gasteiger partial charge is 0.282 e. The molecule has 0 saturated heterocycles. The van der Waals surface area contributed by atoms with Crippen molar-refractivity contribution in [1.29, 1.82) is 0 Å². The van der Waals surface area contributed by atoms with Crippen molar-refractivity contribution >= 4 is 27.3 Å². The minimum atomic E-state index is -3.49. The van der Waals surface area contributed by atoms with Gasteiger partial charge in [-0.3, -0.25) is 9.71 Å². The summed E-state index contributed by atoms with van der Waals surface area (Å²) >= 11 is 5.88. The molecular weight excluding hydrogens is 272 g/mol. The normalized spacial score (nSPS) is 11.2. The lowest BCUT2D eigenvalue weighted by atomic mass is 10.3. The van der Waals surface area contributed by atoms with E-state index in [1.165, 1.54) is 6.07 Å². The number of anilines is 1. The second-order valence-electron chi connectivity index (χ2n) is 3.62. The molecule has 2 rings (SSSR count). The summed E-state index contributed by atoms with van der Waals surface area (Å²) in [6.07, 6.45) is 3.10. The average Bonchev–Trinajstić information content (AvgIpc) is 2.32. The molecule has 0 unspecified atom stereocenters. The third-order valence-electron chi connectivity index (χ3n) is 2.18. The monoisotopic (exact) mass is 281 g/mol. The first kappa shape index (κ1) is 12.9. The molecule has 18 heavy (non-hydrogen) atoms. The molecule has 0 spiro atoms. The molecule has 0 aliphatic carbocycles. The average molecular weight is 282 g/mol. The summed E-state index contributed by atoms with van der Waals surface area (Å²) in [6.45, 7) is 0. The maximum absolute atomic E-state index is 11.9. The van der Waals surface area contributed by atoms with Crippen LogP contribution >= 0.6 is 11.6 Å². The third kappa shape index (κ3) is 3.45. The Hall–Kier alpha value is -1.59. The van der Waals surface area contributed by atoms with Crippen LogP contribution in [0.1, 0.15) is 5.56 Å². The number of nitrogens with zero attached hydrogens (tertiary/aromatic N) is 1. The van der Waals surface area contributed by atoms with Crippen LogP contribution in [-0.2, 0) is 15.8 Å². The minimum Gasteiger partial charge on any atom is -0.282 e. The number of hydrogen-bond acceptors (Lipinski definition) is 3. The zero-order chi connectivity index (χ0) is 13.0. The number of nitrogens with one attached hydrogen (secondary N) is 1. The van der Waals surface area contributed by atoms with Crippen LogP contribution in [0.2, 0.25) is 5.02 Å². The predicted molar refractivity (Wildman–Crippen MR) is 70.8 cm³/mol. The summed E-state index contributed by atoms with van der Waals surface area (Å²) in [5, 5.41) is 0.340. The van der Waals surface area contributed by atoms with E-state index in [1.54, 1.807) is 36.7 Å². The molecule has 6 heteroatoms. The first-order valence-corrected chi connectivity index (χ1v) is 7.15. The minimum absolute atomic E-state index is 0.124. The molecule has 4 nitrogen and oxygen atoms in total. The molecule has 0 atom stereocenters. The lowest BCUT2D eigenvalue weighted by Gasteiger charge is -2.09. The Morgan fingerprint density at radius 1 is 1.28 bits per heavy atom. The molecule has 1 aromatic heterocycles. The number of hydrogen-bond donors (Lipinski definition) is 1. The summed E-state index contributed by atoms with van der Waals surface area (Å²) in [5.41, 5.74) is 0.988. The maximum atomic E-state index is 11.9. The van der Waals surface area contributed by atoms with E-state index in [2.05, 4.69) is 15.8 Å². The van der Waals surface area contributed by atoms with Crippen LogP contribution in [0.25, 0.3) is 0 Å². The Labute approximate surface area is 111 Å². The summed E-state index contributed by atoms with van der Waals surface area (Å²) < 4.78 is 26.3. The number of pyridine rings is 1. The zero-order valence-electron chi connectivity index (χ0n) is 9.30. The van der Waals surface area contributed by atoms with Crippen LogP contribution in [0.4, 0.5) is 5.69 Å². The van der Waals surface area contributed by atoms with Gasteiger partial charge in [-0.05, 0) is 35.9 Å². The molecule has 2 aromatic rings. The van der Waals surface area contributed by atoms with Gasteiger partial charge in [0.2, 0.25) is 10.0 Å².